The molecule has 1 heteroatoms. The van der Waals surface area contributed by atoms with Gasteiger partial charge in [0.05, 0.1) is 5.60 Å². The summed E-state index contributed by atoms with van der Waals surface area (Å²) in [6.45, 7) is 6.52. The van der Waals surface area contributed by atoms with Crippen molar-refractivity contribution in [1.29, 1.82) is 0 Å². The molecule has 1 aliphatic carbocycles. The molecule has 1 aromatic rings. The summed E-state index contributed by atoms with van der Waals surface area (Å²) in [5.41, 5.74) is 2.14. The summed E-state index contributed by atoms with van der Waals surface area (Å²) in [6, 6.07) is 8.64. The average molecular weight is 218 g/mol. The molecule has 0 aliphatic heterocycles. The van der Waals surface area contributed by atoms with E-state index in [4.69, 9.17) is 0 Å². The Bertz CT molecular complexity index is 346. The van der Waals surface area contributed by atoms with Crippen LogP contribution in [0.25, 0.3) is 0 Å². The highest BCUT2D eigenvalue weighted by molar-refractivity contribution is 5.28. The Hall–Kier alpha value is -0.820. The van der Waals surface area contributed by atoms with Crippen LogP contribution in [-0.2, 0) is 0 Å². The molecule has 0 radical (unpaired) electrons. The monoisotopic (exact) mass is 218 g/mol. The fourth-order valence-electron chi connectivity index (χ4n) is 2.94. The van der Waals surface area contributed by atoms with Gasteiger partial charge in [0.15, 0.2) is 0 Å². The highest BCUT2D eigenvalue weighted by Gasteiger charge is 2.44. The molecule has 16 heavy (non-hydrogen) atoms. The molecule has 0 saturated heterocycles. The smallest absolute Gasteiger partial charge is 0.0718 e. The lowest BCUT2D eigenvalue weighted by Crippen LogP contribution is -2.45. The van der Waals surface area contributed by atoms with Crippen LogP contribution in [0.2, 0.25) is 0 Å². The average Bonchev–Trinajstić information content (AvgIpc) is 2.18. The molecule has 0 amide bonds. The Morgan fingerprint density at radius 1 is 1.12 bits per heavy atom. The predicted molar refractivity (Wildman–Crippen MR) is 67.6 cm³/mol. The van der Waals surface area contributed by atoms with Gasteiger partial charge in [-0.15, -0.1) is 0 Å². The molecule has 0 unspecified atom stereocenters. The molecular weight excluding hydrogens is 196 g/mol. The van der Waals surface area contributed by atoms with Gasteiger partial charge in [0.2, 0.25) is 0 Å². The maximum Gasteiger partial charge on any atom is 0.0718 e. The minimum absolute atomic E-state index is 0.293. The van der Waals surface area contributed by atoms with Gasteiger partial charge in [0, 0.05) is 5.92 Å². The summed E-state index contributed by atoms with van der Waals surface area (Å²) in [5.74, 6) is 0.787. The third kappa shape index (κ3) is 2.01. The normalized spacial score (nSPS) is 20.6. The van der Waals surface area contributed by atoms with Crippen molar-refractivity contribution >= 4 is 0 Å². The molecule has 1 atom stereocenters. The number of hydrogen-bond donors (Lipinski definition) is 1. The lowest BCUT2D eigenvalue weighted by atomic mass is 9.65. The molecule has 0 aromatic heterocycles. The zero-order valence-corrected chi connectivity index (χ0v) is 10.5. The maximum atomic E-state index is 10.6. The molecule has 1 aliphatic rings. The molecule has 0 heterocycles. The molecule has 1 aromatic carbocycles. The second-order valence-electron chi connectivity index (χ2n) is 5.59. The number of hydrogen-bond acceptors (Lipinski definition) is 1. The SMILES string of the molecule is Cc1ccc([C@H](C(C)C)C2(O)CCC2)cc1. The molecule has 1 nitrogen and oxygen atoms in total. The number of benzene rings is 1. The van der Waals surface area contributed by atoms with Gasteiger partial charge in [0.25, 0.3) is 0 Å². The van der Waals surface area contributed by atoms with Crippen molar-refractivity contribution in [2.75, 3.05) is 0 Å². The van der Waals surface area contributed by atoms with Gasteiger partial charge in [-0.1, -0.05) is 43.7 Å². The van der Waals surface area contributed by atoms with Crippen LogP contribution in [0.1, 0.15) is 50.2 Å². The van der Waals surface area contributed by atoms with E-state index in [-0.39, 0.29) is 0 Å². The van der Waals surface area contributed by atoms with E-state index in [0.717, 1.165) is 12.8 Å². The van der Waals surface area contributed by atoms with Gasteiger partial charge in [-0.25, -0.2) is 0 Å². The van der Waals surface area contributed by atoms with Crippen molar-refractivity contribution < 1.29 is 5.11 Å². The zero-order valence-electron chi connectivity index (χ0n) is 10.5. The molecule has 2 rings (SSSR count). The molecule has 1 N–H and O–H groups in total. The van der Waals surface area contributed by atoms with Crippen LogP contribution < -0.4 is 0 Å². The van der Waals surface area contributed by atoms with Crippen LogP contribution in [0.4, 0.5) is 0 Å². The van der Waals surface area contributed by atoms with E-state index >= 15 is 0 Å². The van der Waals surface area contributed by atoms with Crippen LogP contribution in [0.5, 0.6) is 0 Å². The van der Waals surface area contributed by atoms with Crippen LogP contribution in [0.15, 0.2) is 24.3 Å². The highest BCUT2D eigenvalue weighted by Crippen LogP contribution is 2.46. The van der Waals surface area contributed by atoms with Crippen molar-refractivity contribution in [2.24, 2.45) is 5.92 Å². The Morgan fingerprint density at radius 3 is 2.06 bits per heavy atom. The lowest BCUT2D eigenvalue weighted by Gasteiger charge is -2.45. The predicted octanol–water partition coefficient (Wildman–Crippen LogP) is 3.65. The standard InChI is InChI=1S/C15H22O/c1-11(2)14(15(16)9-4-10-15)13-7-5-12(3)6-8-13/h5-8,11,14,16H,4,9-10H2,1-3H3/t14-/m0/s1. The minimum atomic E-state index is -0.441. The molecule has 0 spiro atoms. The quantitative estimate of drug-likeness (QED) is 0.821. The van der Waals surface area contributed by atoms with Crippen molar-refractivity contribution in [3.63, 3.8) is 0 Å². The van der Waals surface area contributed by atoms with Gasteiger partial charge in [-0.2, -0.15) is 0 Å². The first kappa shape index (κ1) is 11.7. The van der Waals surface area contributed by atoms with Crippen molar-refractivity contribution in [3.05, 3.63) is 35.4 Å². The summed E-state index contributed by atoms with van der Waals surface area (Å²) in [5, 5.41) is 10.6. The third-order valence-electron chi connectivity index (χ3n) is 3.90. The largest absolute Gasteiger partial charge is 0.389 e. The summed E-state index contributed by atoms with van der Waals surface area (Å²) in [7, 11) is 0. The number of aliphatic hydroxyl groups is 1. The van der Waals surface area contributed by atoms with Crippen LogP contribution in [0, 0.1) is 12.8 Å². The summed E-state index contributed by atoms with van der Waals surface area (Å²) in [4.78, 5) is 0. The summed E-state index contributed by atoms with van der Waals surface area (Å²) < 4.78 is 0. The topological polar surface area (TPSA) is 20.2 Å². The van der Waals surface area contributed by atoms with E-state index in [9.17, 15) is 5.11 Å². The Labute approximate surface area is 98.5 Å². The van der Waals surface area contributed by atoms with E-state index in [1.165, 1.54) is 17.5 Å². The third-order valence-corrected chi connectivity index (χ3v) is 3.90. The van der Waals surface area contributed by atoms with Crippen molar-refractivity contribution in [2.45, 2.75) is 51.6 Å². The van der Waals surface area contributed by atoms with Crippen LogP contribution >= 0.6 is 0 Å². The number of rotatable bonds is 3. The zero-order chi connectivity index (χ0) is 11.8. The first-order valence-corrected chi connectivity index (χ1v) is 6.32. The molecule has 1 fully saturated rings. The summed E-state index contributed by atoms with van der Waals surface area (Å²) >= 11 is 0. The number of aryl methyl sites for hydroxylation is 1. The van der Waals surface area contributed by atoms with Crippen molar-refractivity contribution in [3.8, 4) is 0 Å². The first-order chi connectivity index (χ1) is 7.53. The maximum absolute atomic E-state index is 10.6. The Morgan fingerprint density at radius 2 is 1.69 bits per heavy atom. The molecule has 1 saturated carbocycles. The lowest BCUT2D eigenvalue weighted by molar-refractivity contribution is -0.0688. The fourth-order valence-corrected chi connectivity index (χ4v) is 2.94. The molecule has 88 valence electrons. The highest BCUT2D eigenvalue weighted by atomic mass is 16.3. The van der Waals surface area contributed by atoms with E-state index in [1.807, 2.05) is 0 Å². The second-order valence-corrected chi connectivity index (χ2v) is 5.59. The minimum Gasteiger partial charge on any atom is -0.389 e. The van der Waals surface area contributed by atoms with Gasteiger partial charge >= 0.3 is 0 Å². The molecular formula is C15H22O. The first-order valence-electron chi connectivity index (χ1n) is 6.32. The van der Waals surface area contributed by atoms with E-state index in [1.54, 1.807) is 0 Å². The van der Waals surface area contributed by atoms with E-state index < -0.39 is 5.60 Å². The van der Waals surface area contributed by atoms with E-state index in [2.05, 4.69) is 45.0 Å². The van der Waals surface area contributed by atoms with E-state index in [0.29, 0.717) is 11.8 Å². The second kappa shape index (κ2) is 4.21. The van der Waals surface area contributed by atoms with Gasteiger partial charge in [-0.05, 0) is 37.7 Å². The Balaban J connectivity index is 2.29. The van der Waals surface area contributed by atoms with Crippen LogP contribution in [-0.4, -0.2) is 10.7 Å². The fraction of sp³-hybridized carbons (Fsp3) is 0.600. The van der Waals surface area contributed by atoms with Gasteiger partial charge < -0.3 is 5.11 Å². The van der Waals surface area contributed by atoms with Crippen molar-refractivity contribution in [1.82, 2.24) is 0 Å². The summed E-state index contributed by atoms with van der Waals surface area (Å²) in [6.07, 6.45) is 3.10. The van der Waals surface area contributed by atoms with Gasteiger partial charge in [-0.3, -0.25) is 0 Å². The molecule has 0 bridgehead atoms. The Kier molecular flexibility index (Phi) is 3.07. The van der Waals surface area contributed by atoms with Crippen LogP contribution in [0.3, 0.4) is 0 Å². The van der Waals surface area contributed by atoms with Gasteiger partial charge in [0.1, 0.15) is 0 Å².